The highest BCUT2D eigenvalue weighted by Gasteiger charge is 2.54. The van der Waals surface area contributed by atoms with Gasteiger partial charge in [0.15, 0.2) is 17.5 Å². The van der Waals surface area contributed by atoms with E-state index in [-0.39, 0.29) is 0 Å². The van der Waals surface area contributed by atoms with Gasteiger partial charge in [-0.25, -0.2) is 15.0 Å². The lowest BCUT2D eigenvalue weighted by Crippen LogP contribution is -2.41. The Labute approximate surface area is 344 Å². The number of nitrogens with zero attached hydrogens (tertiary/aromatic N) is 3. The van der Waals surface area contributed by atoms with Crippen LogP contribution in [0.1, 0.15) is 49.9 Å². The van der Waals surface area contributed by atoms with E-state index in [9.17, 15) is 0 Å². The molecule has 1 atom stereocenters. The minimum atomic E-state index is -0.655. The molecule has 1 aromatic heterocycles. The molecule has 11 rings (SSSR count). The maximum Gasteiger partial charge on any atom is 0.494 e. The SMILES string of the molecule is CC1(C)OB(c2ccc3c(c2)C2(c4ccccc4Oc4ccc(-c5ccc(-c6nc(-c7ccccc7)nc(-c7ccccc7)n6)cc5)cc42)c2ccccc2-3)OC1(C)C. The van der Waals surface area contributed by atoms with E-state index in [1.165, 1.54) is 22.3 Å². The summed E-state index contributed by atoms with van der Waals surface area (Å²) in [4.78, 5) is 14.8. The highest BCUT2D eigenvalue weighted by Crippen LogP contribution is 2.62. The molecule has 3 aliphatic rings. The molecule has 0 N–H and O–H groups in total. The van der Waals surface area contributed by atoms with Gasteiger partial charge in [-0.3, -0.25) is 0 Å². The number of rotatable bonds is 5. The number of para-hydroxylation sites is 1. The molecule has 0 radical (unpaired) electrons. The molecule has 1 saturated heterocycles. The maximum absolute atomic E-state index is 6.77. The van der Waals surface area contributed by atoms with Crippen LogP contribution in [0.2, 0.25) is 0 Å². The molecule has 8 aromatic rings. The summed E-state index contributed by atoms with van der Waals surface area (Å²) in [7, 11) is -0.498. The predicted octanol–water partition coefficient (Wildman–Crippen LogP) is 11.3. The third-order valence-corrected chi connectivity index (χ3v) is 12.7. The molecule has 7 aromatic carbocycles. The zero-order valence-corrected chi connectivity index (χ0v) is 33.3. The minimum Gasteiger partial charge on any atom is -0.457 e. The van der Waals surface area contributed by atoms with Crippen LogP contribution in [-0.4, -0.2) is 33.3 Å². The Morgan fingerprint density at radius 1 is 0.390 bits per heavy atom. The van der Waals surface area contributed by atoms with Crippen molar-refractivity contribution in [1.29, 1.82) is 0 Å². The highest BCUT2D eigenvalue weighted by atomic mass is 16.7. The number of benzene rings is 7. The van der Waals surface area contributed by atoms with Crippen molar-refractivity contribution in [2.45, 2.75) is 44.3 Å². The van der Waals surface area contributed by atoms with Crippen molar-refractivity contribution in [3.05, 3.63) is 192 Å². The van der Waals surface area contributed by atoms with E-state index in [0.29, 0.717) is 17.5 Å². The molecule has 7 heteroatoms. The van der Waals surface area contributed by atoms with Gasteiger partial charge in [-0.05, 0) is 84.7 Å². The van der Waals surface area contributed by atoms with E-state index in [1.807, 2.05) is 66.7 Å². The molecule has 1 aliphatic carbocycles. The fraction of sp³-hybridized carbons (Fsp3) is 0.135. The van der Waals surface area contributed by atoms with Crippen molar-refractivity contribution in [3.8, 4) is 67.9 Å². The lowest BCUT2D eigenvalue weighted by molar-refractivity contribution is 0.00578. The molecule has 1 spiro atoms. The second-order valence-corrected chi connectivity index (χ2v) is 16.6. The first-order chi connectivity index (χ1) is 28.7. The van der Waals surface area contributed by atoms with Gasteiger partial charge in [-0.15, -0.1) is 0 Å². The second kappa shape index (κ2) is 13.2. The summed E-state index contributed by atoms with van der Waals surface area (Å²) in [6.45, 7) is 8.41. The first-order valence-electron chi connectivity index (χ1n) is 20.2. The largest absolute Gasteiger partial charge is 0.494 e. The van der Waals surface area contributed by atoms with Gasteiger partial charge in [0.2, 0.25) is 0 Å². The predicted molar refractivity (Wildman–Crippen MR) is 235 cm³/mol. The Bertz CT molecular complexity index is 2860. The third kappa shape index (κ3) is 5.53. The van der Waals surface area contributed by atoms with Gasteiger partial charge in [0, 0.05) is 27.8 Å². The van der Waals surface area contributed by atoms with Crippen LogP contribution in [0.5, 0.6) is 11.5 Å². The van der Waals surface area contributed by atoms with Gasteiger partial charge < -0.3 is 14.0 Å². The number of fused-ring (bicyclic) bond motifs is 9. The van der Waals surface area contributed by atoms with Crippen LogP contribution >= 0.6 is 0 Å². The summed E-state index contributed by atoms with van der Waals surface area (Å²) in [5.74, 6) is 3.58. The van der Waals surface area contributed by atoms with Crippen molar-refractivity contribution in [1.82, 2.24) is 15.0 Å². The van der Waals surface area contributed by atoms with E-state index < -0.39 is 23.7 Å². The molecule has 0 amide bonds. The van der Waals surface area contributed by atoms with Crippen LogP contribution in [0, 0.1) is 0 Å². The number of hydrogen-bond acceptors (Lipinski definition) is 6. The smallest absolute Gasteiger partial charge is 0.457 e. The van der Waals surface area contributed by atoms with Crippen molar-refractivity contribution in [2.24, 2.45) is 0 Å². The standard InChI is InChI=1S/C52H40BN3O3/c1-50(2)51(3,4)59-53(58-50)38-28-29-40-39-19-11-12-20-41(39)52(43(40)32-38)42-21-13-14-22-45(42)57-46-30-27-37(31-44(46)52)33-23-25-36(26-24-33)49-55-47(34-15-7-5-8-16-34)54-48(56-49)35-17-9-6-10-18-35/h5-32H,1-4H3. The Balaban J connectivity index is 1.05. The van der Waals surface area contributed by atoms with Crippen LogP contribution in [0.3, 0.4) is 0 Å². The van der Waals surface area contributed by atoms with E-state index >= 15 is 0 Å². The van der Waals surface area contributed by atoms with Gasteiger partial charge in [-0.2, -0.15) is 0 Å². The molecule has 6 nitrogen and oxygen atoms in total. The summed E-state index contributed by atoms with van der Waals surface area (Å²) in [6.07, 6.45) is 0. The van der Waals surface area contributed by atoms with E-state index in [2.05, 4.69) is 131 Å². The highest BCUT2D eigenvalue weighted by molar-refractivity contribution is 6.62. The first-order valence-corrected chi connectivity index (χ1v) is 20.2. The summed E-state index contributed by atoms with van der Waals surface area (Å²) < 4.78 is 20.0. The quantitative estimate of drug-likeness (QED) is 0.163. The molecule has 0 bridgehead atoms. The summed E-state index contributed by atoms with van der Waals surface area (Å²) >= 11 is 0. The van der Waals surface area contributed by atoms with Crippen molar-refractivity contribution >= 4 is 12.6 Å². The molecular formula is C52H40BN3O3. The zero-order valence-electron chi connectivity index (χ0n) is 33.3. The average molecular weight is 766 g/mol. The molecule has 2 aliphatic heterocycles. The van der Waals surface area contributed by atoms with E-state index in [4.69, 9.17) is 29.0 Å². The summed E-state index contributed by atoms with van der Waals surface area (Å²) in [5.41, 5.74) is 11.4. The summed E-state index contributed by atoms with van der Waals surface area (Å²) in [6, 6.07) is 59.2. The molecule has 1 fully saturated rings. The van der Waals surface area contributed by atoms with E-state index in [1.54, 1.807) is 0 Å². The summed E-state index contributed by atoms with van der Waals surface area (Å²) in [5, 5.41) is 0. The lowest BCUT2D eigenvalue weighted by atomic mass is 9.64. The van der Waals surface area contributed by atoms with Crippen LogP contribution < -0.4 is 10.2 Å². The average Bonchev–Trinajstić information content (AvgIpc) is 3.69. The number of ether oxygens (including phenoxy) is 1. The van der Waals surface area contributed by atoms with E-state index in [0.717, 1.165) is 55.9 Å². The number of aromatic nitrogens is 3. The van der Waals surface area contributed by atoms with Crippen LogP contribution in [0.4, 0.5) is 0 Å². The van der Waals surface area contributed by atoms with Gasteiger partial charge in [0.25, 0.3) is 0 Å². The molecule has 59 heavy (non-hydrogen) atoms. The first kappa shape index (κ1) is 35.5. The third-order valence-electron chi connectivity index (χ3n) is 12.7. The van der Waals surface area contributed by atoms with Crippen molar-refractivity contribution in [3.63, 3.8) is 0 Å². The van der Waals surface area contributed by atoms with Gasteiger partial charge in [0.05, 0.1) is 16.6 Å². The van der Waals surface area contributed by atoms with Crippen molar-refractivity contribution in [2.75, 3.05) is 0 Å². The fourth-order valence-corrected chi connectivity index (χ4v) is 8.97. The zero-order chi connectivity index (χ0) is 39.9. The monoisotopic (exact) mass is 765 g/mol. The van der Waals surface area contributed by atoms with Gasteiger partial charge >= 0.3 is 7.12 Å². The Kier molecular flexibility index (Phi) is 7.93. The second-order valence-electron chi connectivity index (χ2n) is 16.6. The van der Waals surface area contributed by atoms with Crippen LogP contribution in [0.25, 0.3) is 56.4 Å². The van der Waals surface area contributed by atoms with Crippen LogP contribution in [-0.2, 0) is 14.7 Å². The lowest BCUT2D eigenvalue weighted by Gasteiger charge is -2.39. The number of hydrogen-bond donors (Lipinski definition) is 0. The van der Waals surface area contributed by atoms with Crippen LogP contribution in [0.15, 0.2) is 170 Å². The molecule has 1 unspecified atom stereocenters. The Hall–Kier alpha value is -6.67. The molecule has 0 saturated carbocycles. The molecule has 284 valence electrons. The Morgan fingerprint density at radius 3 is 1.53 bits per heavy atom. The minimum absolute atomic E-state index is 0.461. The molecular weight excluding hydrogens is 725 g/mol. The van der Waals surface area contributed by atoms with Crippen molar-refractivity contribution < 1.29 is 14.0 Å². The fourth-order valence-electron chi connectivity index (χ4n) is 8.97. The maximum atomic E-state index is 6.77. The van der Waals surface area contributed by atoms with Gasteiger partial charge in [0.1, 0.15) is 11.5 Å². The van der Waals surface area contributed by atoms with Gasteiger partial charge in [-0.1, -0.05) is 152 Å². The Morgan fingerprint density at radius 2 is 0.881 bits per heavy atom. The molecule has 3 heterocycles. The topological polar surface area (TPSA) is 66.4 Å². The normalized spacial score (nSPS) is 17.8.